The van der Waals surface area contributed by atoms with Gasteiger partial charge >= 0.3 is 0 Å². The highest BCUT2D eigenvalue weighted by Crippen LogP contribution is 2.35. The zero-order valence-corrected chi connectivity index (χ0v) is 27.2. The Labute approximate surface area is 260 Å². The lowest BCUT2D eigenvalue weighted by Crippen LogP contribution is -2.26. The smallest absolute Gasteiger partial charge is 0.131 e. The molecule has 0 aliphatic rings. The molecule has 2 nitrogen and oxygen atoms in total. The average Bonchev–Trinajstić information content (AvgIpc) is 2.99. The van der Waals surface area contributed by atoms with Gasteiger partial charge in [-0.25, -0.2) is 0 Å². The number of hydrogen-bond donors (Lipinski definition) is 0. The van der Waals surface area contributed by atoms with Gasteiger partial charge in [-0.3, -0.25) is 4.90 Å². The zero-order chi connectivity index (χ0) is 30.2. The van der Waals surface area contributed by atoms with E-state index in [4.69, 9.17) is 4.74 Å². The fourth-order valence-corrected chi connectivity index (χ4v) is 7.07. The monoisotopic (exact) mass is 585 g/mol. The first kappa shape index (κ1) is 30.7. The van der Waals surface area contributed by atoms with Crippen LogP contribution in [0.3, 0.4) is 0 Å². The summed E-state index contributed by atoms with van der Waals surface area (Å²) in [5.74, 6) is 1.04. The fourth-order valence-electron chi connectivity index (χ4n) is 5.57. The molecule has 0 aliphatic carbocycles. The SMILES string of the molecule is Cc1cc(Pc2c(C)cccc2CN(Cc2ccccc2)Cc2ccccc2)c(OCc2ccccc2)c(C(C)(C)C)c1. The van der Waals surface area contributed by atoms with E-state index in [1.165, 1.54) is 49.6 Å². The van der Waals surface area contributed by atoms with Crippen molar-refractivity contribution >= 4 is 19.2 Å². The number of benzene rings is 5. The van der Waals surface area contributed by atoms with E-state index in [1.54, 1.807) is 0 Å². The highest BCUT2D eigenvalue weighted by Gasteiger charge is 2.24. The summed E-state index contributed by atoms with van der Waals surface area (Å²) in [6, 6.07) is 43.6. The van der Waals surface area contributed by atoms with Crippen molar-refractivity contribution in [1.29, 1.82) is 0 Å². The summed E-state index contributed by atoms with van der Waals surface area (Å²) < 4.78 is 6.72. The van der Waals surface area contributed by atoms with Crippen LogP contribution in [0.5, 0.6) is 5.75 Å². The second kappa shape index (κ2) is 14.2. The van der Waals surface area contributed by atoms with Gasteiger partial charge in [-0.05, 0) is 64.0 Å². The van der Waals surface area contributed by atoms with Gasteiger partial charge in [-0.1, -0.05) is 145 Å². The van der Waals surface area contributed by atoms with Gasteiger partial charge in [-0.2, -0.15) is 0 Å². The fraction of sp³-hybridized carbons (Fsp3) is 0.250. The Morgan fingerprint density at radius 3 is 1.74 bits per heavy atom. The van der Waals surface area contributed by atoms with Crippen LogP contribution in [0, 0.1) is 13.8 Å². The summed E-state index contributed by atoms with van der Waals surface area (Å²) in [6.07, 6.45) is 0. The topological polar surface area (TPSA) is 12.5 Å². The van der Waals surface area contributed by atoms with Gasteiger partial charge in [0.05, 0.1) is 0 Å². The Morgan fingerprint density at radius 2 is 1.19 bits per heavy atom. The Hall–Kier alpha value is -3.71. The molecule has 0 N–H and O–H groups in total. The average molecular weight is 586 g/mol. The van der Waals surface area contributed by atoms with Crippen LogP contribution in [0.4, 0.5) is 0 Å². The minimum Gasteiger partial charge on any atom is -0.488 e. The van der Waals surface area contributed by atoms with Crippen LogP contribution in [-0.2, 0) is 31.7 Å². The van der Waals surface area contributed by atoms with Gasteiger partial charge in [-0.15, -0.1) is 0 Å². The first-order valence-electron chi connectivity index (χ1n) is 15.2. The highest BCUT2D eigenvalue weighted by molar-refractivity contribution is 7.56. The Bertz CT molecular complexity index is 1570. The van der Waals surface area contributed by atoms with Crippen molar-refractivity contribution in [3.63, 3.8) is 0 Å². The first-order chi connectivity index (χ1) is 20.8. The molecule has 1 unspecified atom stereocenters. The quantitative estimate of drug-likeness (QED) is 0.143. The molecule has 0 aliphatic heterocycles. The lowest BCUT2D eigenvalue weighted by Gasteiger charge is -2.27. The molecule has 0 spiro atoms. The molecule has 5 rings (SSSR count). The van der Waals surface area contributed by atoms with Crippen LogP contribution in [-0.4, -0.2) is 4.90 Å². The maximum Gasteiger partial charge on any atom is 0.131 e. The first-order valence-corrected chi connectivity index (χ1v) is 16.2. The van der Waals surface area contributed by atoms with E-state index in [1.807, 2.05) is 0 Å². The lowest BCUT2D eigenvalue weighted by atomic mass is 9.85. The molecule has 0 fully saturated rings. The van der Waals surface area contributed by atoms with Crippen LogP contribution in [0.15, 0.2) is 121 Å². The van der Waals surface area contributed by atoms with Crippen molar-refractivity contribution in [2.75, 3.05) is 0 Å². The molecule has 5 aromatic carbocycles. The molecule has 5 aromatic rings. The predicted molar refractivity (Wildman–Crippen MR) is 185 cm³/mol. The summed E-state index contributed by atoms with van der Waals surface area (Å²) in [5, 5.41) is 2.71. The van der Waals surface area contributed by atoms with E-state index in [0.717, 1.165) is 25.4 Å². The van der Waals surface area contributed by atoms with Crippen LogP contribution >= 0.6 is 8.58 Å². The molecular formula is C40H44NOP. The molecule has 0 radical (unpaired) electrons. The Kier molecular flexibility index (Phi) is 10.1. The molecule has 43 heavy (non-hydrogen) atoms. The minimum atomic E-state index is -0.0337. The molecule has 0 bridgehead atoms. The number of ether oxygens (including phenoxy) is 1. The van der Waals surface area contributed by atoms with E-state index in [2.05, 4.69) is 161 Å². The van der Waals surface area contributed by atoms with Gasteiger partial charge in [0.15, 0.2) is 0 Å². The van der Waals surface area contributed by atoms with Crippen molar-refractivity contribution in [2.24, 2.45) is 0 Å². The molecule has 220 valence electrons. The molecule has 0 saturated carbocycles. The summed E-state index contributed by atoms with van der Waals surface area (Å²) in [4.78, 5) is 2.57. The summed E-state index contributed by atoms with van der Waals surface area (Å²) in [7, 11) is 0.496. The Morgan fingerprint density at radius 1 is 0.628 bits per heavy atom. The van der Waals surface area contributed by atoms with Gasteiger partial charge < -0.3 is 4.74 Å². The maximum absolute atomic E-state index is 6.72. The molecule has 1 atom stereocenters. The summed E-state index contributed by atoms with van der Waals surface area (Å²) in [5.41, 5.74) is 9.10. The molecule has 0 amide bonds. The number of rotatable bonds is 11. The second-order valence-electron chi connectivity index (χ2n) is 12.6. The highest BCUT2D eigenvalue weighted by atomic mass is 31.1. The van der Waals surface area contributed by atoms with Gasteiger partial charge in [0, 0.05) is 30.5 Å². The van der Waals surface area contributed by atoms with E-state index >= 15 is 0 Å². The van der Waals surface area contributed by atoms with Crippen LogP contribution in [0.2, 0.25) is 0 Å². The summed E-state index contributed by atoms with van der Waals surface area (Å²) in [6.45, 7) is 14.6. The molecular weight excluding hydrogens is 541 g/mol. The van der Waals surface area contributed by atoms with Gasteiger partial charge in [0.2, 0.25) is 0 Å². The third kappa shape index (κ3) is 8.44. The lowest BCUT2D eigenvalue weighted by molar-refractivity contribution is 0.248. The third-order valence-electron chi connectivity index (χ3n) is 7.78. The van der Waals surface area contributed by atoms with Crippen molar-refractivity contribution in [2.45, 2.75) is 66.3 Å². The summed E-state index contributed by atoms with van der Waals surface area (Å²) >= 11 is 0. The largest absolute Gasteiger partial charge is 0.488 e. The van der Waals surface area contributed by atoms with Crippen molar-refractivity contribution in [3.05, 3.63) is 160 Å². The van der Waals surface area contributed by atoms with E-state index in [0.29, 0.717) is 15.2 Å². The number of nitrogens with zero attached hydrogens (tertiary/aromatic N) is 1. The normalized spacial score (nSPS) is 11.9. The number of hydrogen-bond acceptors (Lipinski definition) is 2. The molecule has 0 heterocycles. The van der Waals surface area contributed by atoms with Crippen LogP contribution < -0.4 is 15.3 Å². The molecule has 0 saturated heterocycles. The third-order valence-corrected chi connectivity index (χ3v) is 9.38. The standard InChI is InChI=1S/C40H44NOP/c1-30-24-36(40(3,4)5)38(42-29-34-21-13-8-14-22-34)37(25-30)43-39-31(2)16-15-23-35(39)28-41(26-32-17-9-6-10-18-32)27-33-19-11-7-12-20-33/h6-25,43H,26-29H2,1-5H3. The van der Waals surface area contributed by atoms with Gasteiger partial charge in [0.1, 0.15) is 12.4 Å². The van der Waals surface area contributed by atoms with Gasteiger partial charge in [0.25, 0.3) is 0 Å². The minimum absolute atomic E-state index is 0.0337. The maximum atomic E-state index is 6.72. The molecule has 0 aromatic heterocycles. The van der Waals surface area contributed by atoms with E-state index in [9.17, 15) is 0 Å². The van der Waals surface area contributed by atoms with Crippen LogP contribution in [0.1, 0.15) is 59.7 Å². The Balaban J connectivity index is 1.50. The van der Waals surface area contributed by atoms with E-state index < -0.39 is 0 Å². The zero-order valence-electron chi connectivity index (χ0n) is 26.2. The molecule has 3 heteroatoms. The van der Waals surface area contributed by atoms with Crippen LogP contribution in [0.25, 0.3) is 0 Å². The second-order valence-corrected chi connectivity index (χ2v) is 13.9. The number of aryl methyl sites for hydroxylation is 2. The van der Waals surface area contributed by atoms with Crippen molar-refractivity contribution in [1.82, 2.24) is 4.90 Å². The van der Waals surface area contributed by atoms with Crippen molar-refractivity contribution in [3.8, 4) is 5.75 Å². The predicted octanol–water partition coefficient (Wildman–Crippen LogP) is 9.01. The van der Waals surface area contributed by atoms with Crippen molar-refractivity contribution < 1.29 is 4.74 Å². The van der Waals surface area contributed by atoms with E-state index in [-0.39, 0.29) is 5.41 Å².